The standard InChI is InChI=1S/C16H17ClN2O2/c1-10-8-13(11-4-6-12(17)7-5-11)18-19(10)14-9-21-16(2,3)15(14)20/h4-8,14H,9H2,1-3H3. The summed E-state index contributed by atoms with van der Waals surface area (Å²) in [7, 11) is 0. The first-order valence-electron chi connectivity index (χ1n) is 6.89. The van der Waals surface area contributed by atoms with Crippen molar-refractivity contribution < 1.29 is 9.53 Å². The van der Waals surface area contributed by atoms with Crippen LogP contribution in [-0.2, 0) is 9.53 Å². The Kier molecular flexibility index (Phi) is 3.38. The number of ether oxygens (including phenoxy) is 1. The van der Waals surface area contributed by atoms with Crippen LogP contribution in [0.15, 0.2) is 30.3 Å². The molecule has 0 saturated carbocycles. The third kappa shape index (κ3) is 2.49. The Bertz CT molecular complexity index is 689. The molecule has 1 aromatic heterocycles. The van der Waals surface area contributed by atoms with E-state index in [1.807, 2.05) is 37.3 Å². The van der Waals surface area contributed by atoms with Crippen LogP contribution < -0.4 is 0 Å². The first-order chi connectivity index (χ1) is 9.88. The van der Waals surface area contributed by atoms with Gasteiger partial charge < -0.3 is 4.74 Å². The van der Waals surface area contributed by atoms with Crippen molar-refractivity contribution in [1.82, 2.24) is 9.78 Å². The van der Waals surface area contributed by atoms with Crippen LogP contribution in [0.2, 0.25) is 5.02 Å². The van der Waals surface area contributed by atoms with E-state index in [-0.39, 0.29) is 11.8 Å². The van der Waals surface area contributed by atoms with Crippen LogP contribution in [0.1, 0.15) is 25.6 Å². The lowest BCUT2D eigenvalue weighted by molar-refractivity contribution is -0.129. The number of carbonyl (C=O) groups excluding carboxylic acids is 1. The van der Waals surface area contributed by atoms with E-state index in [1.54, 1.807) is 18.5 Å². The molecule has 0 bridgehead atoms. The van der Waals surface area contributed by atoms with Gasteiger partial charge in [-0.3, -0.25) is 9.48 Å². The molecule has 0 amide bonds. The van der Waals surface area contributed by atoms with Gasteiger partial charge >= 0.3 is 0 Å². The SMILES string of the molecule is Cc1cc(-c2ccc(Cl)cc2)nn1C1COC(C)(C)C1=O. The van der Waals surface area contributed by atoms with Gasteiger partial charge in [0.1, 0.15) is 11.6 Å². The second-order valence-electron chi connectivity index (χ2n) is 5.82. The van der Waals surface area contributed by atoms with Crippen LogP contribution in [0.25, 0.3) is 11.3 Å². The molecule has 1 fully saturated rings. The number of aromatic nitrogens is 2. The smallest absolute Gasteiger partial charge is 0.190 e. The van der Waals surface area contributed by atoms with Gasteiger partial charge in [-0.2, -0.15) is 5.10 Å². The summed E-state index contributed by atoms with van der Waals surface area (Å²) in [5.41, 5.74) is 2.02. The summed E-state index contributed by atoms with van der Waals surface area (Å²) in [5.74, 6) is 0.0661. The molecule has 0 spiro atoms. The van der Waals surface area contributed by atoms with E-state index in [1.165, 1.54) is 0 Å². The van der Waals surface area contributed by atoms with Gasteiger partial charge in [0.25, 0.3) is 0 Å². The molecule has 0 N–H and O–H groups in total. The Labute approximate surface area is 128 Å². The van der Waals surface area contributed by atoms with Gasteiger partial charge in [-0.15, -0.1) is 0 Å². The van der Waals surface area contributed by atoms with Crippen molar-refractivity contribution in [2.75, 3.05) is 6.61 Å². The maximum atomic E-state index is 12.4. The molecule has 1 atom stereocenters. The molecule has 4 nitrogen and oxygen atoms in total. The predicted octanol–water partition coefficient (Wildman–Crippen LogP) is 3.43. The maximum absolute atomic E-state index is 12.4. The Morgan fingerprint density at radius 3 is 2.57 bits per heavy atom. The summed E-state index contributed by atoms with van der Waals surface area (Å²) in [6.07, 6.45) is 0. The van der Waals surface area contributed by atoms with Gasteiger partial charge in [0.2, 0.25) is 0 Å². The largest absolute Gasteiger partial charge is 0.365 e. The molecule has 1 aliphatic rings. The summed E-state index contributed by atoms with van der Waals surface area (Å²) >= 11 is 5.90. The van der Waals surface area contributed by atoms with Crippen molar-refractivity contribution >= 4 is 17.4 Å². The van der Waals surface area contributed by atoms with Gasteiger partial charge in [-0.25, -0.2) is 0 Å². The fourth-order valence-electron chi connectivity index (χ4n) is 2.58. The first-order valence-corrected chi connectivity index (χ1v) is 7.26. The van der Waals surface area contributed by atoms with E-state index in [0.717, 1.165) is 17.0 Å². The Morgan fingerprint density at radius 2 is 2.00 bits per heavy atom. The van der Waals surface area contributed by atoms with Crippen molar-refractivity contribution in [2.45, 2.75) is 32.4 Å². The van der Waals surface area contributed by atoms with Gasteiger partial charge in [0, 0.05) is 16.3 Å². The van der Waals surface area contributed by atoms with Crippen molar-refractivity contribution in [3.8, 4) is 11.3 Å². The molecule has 1 unspecified atom stereocenters. The third-order valence-electron chi connectivity index (χ3n) is 3.86. The zero-order valence-electron chi connectivity index (χ0n) is 12.3. The van der Waals surface area contributed by atoms with E-state index in [9.17, 15) is 4.79 Å². The highest BCUT2D eigenvalue weighted by Crippen LogP contribution is 2.31. The second-order valence-corrected chi connectivity index (χ2v) is 6.26. The molecule has 0 aliphatic carbocycles. The molecule has 1 aliphatic heterocycles. The molecular weight excluding hydrogens is 288 g/mol. The number of hydrogen-bond acceptors (Lipinski definition) is 3. The molecule has 2 heterocycles. The van der Waals surface area contributed by atoms with Gasteiger partial charge in [0.05, 0.1) is 12.3 Å². The zero-order chi connectivity index (χ0) is 15.2. The molecule has 0 radical (unpaired) electrons. The summed E-state index contributed by atoms with van der Waals surface area (Å²) in [4.78, 5) is 12.4. The third-order valence-corrected chi connectivity index (χ3v) is 4.11. The monoisotopic (exact) mass is 304 g/mol. The van der Waals surface area contributed by atoms with E-state index < -0.39 is 5.60 Å². The van der Waals surface area contributed by atoms with E-state index >= 15 is 0 Å². The van der Waals surface area contributed by atoms with Crippen LogP contribution in [0.4, 0.5) is 0 Å². The number of rotatable bonds is 2. The topological polar surface area (TPSA) is 44.1 Å². The molecule has 2 aromatic rings. The van der Waals surface area contributed by atoms with Crippen molar-refractivity contribution in [3.63, 3.8) is 0 Å². The summed E-state index contributed by atoms with van der Waals surface area (Å²) in [5, 5.41) is 5.27. The minimum atomic E-state index is -0.733. The highest BCUT2D eigenvalue weighted by Gasteiger charge is 2.43. The second kappa shape index (κ2) is 4.97. The Balaban J connectivity index is 1.96. The fraction of sp³-hybridized carbons (Fsp3) is 0.375. The van der Waals surface area contributed by atoms with E-state index in [2.05, 4.69) is 5.10 Å². The highest BCUT2D eigenvalue weighted by atomic mass is 35.5. The lowest BCUT2D eigenvalue weighted by Gasteiger charge is -2.14. The maximum Gasteiger partial charge on any atom is 0.190 e. The summed E-state index contributed by atoms with van der Waals surface area (Å²) in [6, 6.07) is 9.13. The van der Waals surface area contributed by atoms with Crippen LogP contribution >= 0.6 is 11.6 Å². The molecule has 3 rings (SSSR count). The predicted molar refractivity (Wildman–Crippen MR) is 81.5 cm³/mol. The molecule has 21 heavy (non-hydrogen) atoms. The number of benzene rings is 1. The number of carbonyl (C=O) groups is 1. The number of aryl methyl sites for hydroxylation is 1. The van der Waals surface area contributed by atoms with Crippen molar-refractivity contribution in [2.24, 2.45) is 0 Å². The number of nitrogens with zero attached hydrogens (tertiary/aromatic N) is 2. The minimum Gasteiger partial charge on any atom is -0.365 e. The average molecular weight is 305 g/mol. The molecule has 5 heteroatoms. The quantitative estimate of drug-likeness (QED) is 0.854. The summed E-state index contributed by atoms with van der Waals surface area (Å²) < 4.78 is 7.34. The number of hydrogen-bond donors (Lipinski definition) is 0. The molecule has 1 aromatic carbocycles. The number of ketones is 1. The van der Waals surface area contributed by atoms with Gasteiger partial charge in [-0.05, 0) is 39.0 Å². The van der Waals surface area contributed by atoms with Gasteiger partial charge in [0.15, 0.2) is 5.78 Å². The van der Waals surface area contributed by atoms with E-state index in [4.69, 9.17) is 16.3 Å². The molecular formula is C16H17ClN2O2. The highest BCUT2D eigenvalue weighted by molar-refractivity contribution is 6.30. The first kappa shape index (κ1) is 14.3. The lowest BCUT2D eigenvalue weighted by Crippen LogP contribution is -2.31. The molecule has 1 saturated heterocycles. The number of Topliss-reactive ketones (excluding diaryl/α,β-unsaturated/α-hetero) is 1. The number of halogens is 1. The molecule has 110 valence electrons. The van der Waals surface area contributed by atoms with E-state index in [0.29, 0.717) is 11.6 Å². The normalized spacial score (nSPS) is 21.0. The van der Waals surface area contributed by atoms with Crippen LogP contribution in [0.5, 0.6) is 0 Å². The van der Waals surface area contributed by atoms with Crippen molar-refractivity contribution in [1.29, 1.82) is 0 Å². The Hall–Kier alpha value is -1.65. The van der Waals surface area contributed by atoms with Gasteiger partial charge in [-0.1, -0.05) is 23.7 Å². The Morgan fingerprint density at radius 1 is 1.33 bits per heavy atom. The lowest BCUT2D eigenvalue weighted by atomic mass is 10.0. The fourth-order valence-corrected chi connectivity index (χ4v) is 2.71. The average Bonchev–Trinajstić information content (AvgIpc) is 2.93. The van der Waals surface area contributed by atoms with Crippen LogP contribution in [0, 0.1) is 6.92 Å². The minimum absolute atomic E-state index is 0.0661. The van der Waals surface area contributed by atoms with Crippen molar-refractivity contribution in [3.05, 3.63) is 41.0 Å². The zero-order valence-corrected chi connectivity index (χ0v) is 13.0. The van der Waals surface area contributed by atoms with Crippen LogP contribution in [0.3, 0.4) is 0 Å². The van der Waals surface area contributed by atoms with Crippen LogP contribution in [-0.4, -0.2) is 27.8 Å². The summed E-state index contributed by atoms with van der Waals surface area (Å²) in [6.45, 7) is 5.92.